The molecule has 1 aromatic rings. The molecule has 2 N–H and O–H groups in total. The number of aliphatic hydroxyl groups is 2. The lowest BCUT2D eigenvalue weighted by atomic mass is 9.67. The van der Waals surface area contributed by atoms with Crippen LogP contribution in [0.5, 0.6) is 0 Å². The van der Waals surface area contributed by atoms with Crippen molar-refractivity contribution in [2.75, 3.05) is 0 Å². The molecule has 0 saturated carbocycles. The van der Waals surface area contributed by atoms with E-state index in [9.17, 15) is 24.6 Å². The first kappa shape index (κ1) is 29.7. The van der Waals surface area contributed by atoms with Crippen LogP contribution in [-0.2, 0) is 25.5 Å². The highest BCUT2D eigenvalue weighted by molar-refractivity contribution is 5.87. The largest absolute Gasteiger partial charge is 0.465 e. The standard InChI is InChI=1S/C29H44O8/c1-11-21(30)13(3)26-16(6)24(32)18(8)29(36-26)19(9)25(33)17(7)28(34,37-29)20(10)27-15(5)23(31)14(4)22(12-2)35-27/h13,16-20,25-26,33-34H,11-12H2,1-10H3/t13-,16-,17-,18-,19+,20+,25+,26+,28-,29-/m0/s1. The lowest BCUT2D eigenvalue weighted by Gasteiger charge is -2.60. The van der Waals surface area contributed by atoms with Gasteiger partial charge in [0.2, 0.25) is 0 Å². The van der Waals surface area contributed by atoms with Crippen LogP contribution < -0.4 is 5.43 Å². The monoisotopic (exact) mass is 520 g/mol. The molecule has 2 saturated heterocycles. The Bertz CT molecular complexity index is 1100. The van der Waals surface area contributed by atoms with E-state index in [-0.39, 0.29) is 22.8 Å². The fraction of sp³-hybridized carbons (Fsp3) is 0.759. The average molecular weight is 521 g/mol. The van der Waals surface area contributed by atoms with E-state index in [4.69, 9.17) is 13.9 Å². The smallest absolute Gasteiger partial charge is 0.191 e. The van der Waals surface area contributed by atoms with Gasteiger partial charge in [-0.3, -0.25) is 14.4 Å². The normalized spacial score (nSPS) is 38.0. The summed E-state index contributed by atoms with van der Waals surface area (Å²) >= 11 is 0. The topological polar surface area (TPSA) is 123 Å². The second kappa shape index (κ2) is 10.4. The summed E-state index contributed by atoms with van der Waals surface area (Å²) in [5, 5.41) is 23.6. The second-order valence-corrected chi connectivity index (χ2v) is 11.3. The van der Waals surface area contributed by atoms with Crippen LogP contribution in [0.3, 0.4) is 0 Å². The summed E-state index contributed by atoms with van der Waals surface area (Å²) in [6.07, 6.45) is -1.08. The molecule has 0 amide bonds. The predicted octanol–water partition coefficient (Wildman–Crippen LogP) is 3.83. The minimum Gasteiger partial charge on any atom is -0.465 e. The number of ketones is 2. The molecule has 0 aliphatic carbocycles. The average Bonchev–Trinajstić information content (AvgIpc) is 2.88. The maximum absolute atomic E-state index is 13.5. The van der Waals surface area contributed by atoms with E-state index < -0.39 is 59.3 Å². The Balaban J connectivity index is 2.16. The van der Waals surface area contributed by atoms with Gasteiger partial charge in [-0.15, -0.1) is 0 Å². The number of ether oxygens (including phenoxy) is 2. The molecule has 0 unspecified atom stereocenters. The molecule has 2 fully saturated rings. The highest BCUT2D eigenvalue weighted by Gasteiger charge is 2.66. The molecule has 0 aromatic carbocycles. The number of hydrogen-bond donors (Lipinski definition) is 2. The number of aliphatic hydroxyl groups excluding tert-OH is 1. The lowest BCUT2D eigenvalue weighted by molar-refractivity contribution is -0.449. The quantitative estimate of drug-likeness (QED) is 0.580. The van der Waals surface area contributed by atoms with Gasteiger partial charge in [-0.2, -0.15) is 0 Å². The molecule has 8 nitrogen and oxygen atoms in total. The van der Waals surface area contributed by atoms with Crippen LogP contribution in [-0.4, -0.2) is 45.6 Å². The zero-order valence-electron chi connectivity index (χ0n) is 23.9. The van der Waals surface area contributed by atoms with E-state index in [0.29, 0.717) is 29.7 Å². The molecule has 0 bridgehead atoms. The van der Waals surface area contributed by atoms with Crippen molar-refractivity contribution in [3.05, 3.63) is 32.9 Å². The molecule has 3 heterocycles. The highest BCUT2D eigenvalue weighted by atomic mass is 16.8. The van der Waals surface area contributed by atoms with Crippen LogP contribution in [0, 0.1) is 43.4 Å². The van der Waals surface area contributed by atoms with Crippen LogP contribution >= 0.6 is 0 Å². The molecule has 208 valence electrons. The van der Waals surface area contributed by atoms with Crippen molar-refractivity contribution in [2.45, 2.75) is 112 Å². The first-order valence-electron chi connectivity index (χ1n) is 13.6. The summed E-state index contributed by atoms with van der Waals surface area (Å²) in [6.45, 7) is 17.3. The van der Waals surface area contributed by atoms with Crippen molar-refractivity contribution in [3.63, 3.8) is 0 Å². The van der Waals surface area contributed by atoms with Gasteiger partial charge in [-0.05, 0) is 13.8 Å². The Kier molecular flexibility index (Phi) is 8.31. The van der Waals surface area contributed by atoms with Gasteiger partial charge in [0.15, 0.2) is 17.0 Å². The number of carbonyl (C=O) groups excluding carboxylic acids is 2. The van der Waals surface area contributed by atoms with Crippen molar-refractivity contribution < 1.29 is 33.7 Å². The molecule has 2 aliphatic rings. The summed E-state index contributed by atoms with van der Waals surface area (Å²) in [7, 11) is 0. The number of hydrogen-bond acceptors (Lipinski definition) is 8. The van der Waals surface area contributed by atoms with Crippen molar-refractivity contribution in [1.29, 1.82) is 0 Å². The van der Waals surface area contributed by atoms with Crippen LogP contribution in [0.4, 0.5) is 0 Å². The van der Waals surface area contributed by atoms with Gasteiger partial charge in [0.25, 0.3) is 0 Å². The SMILES string of the molecule is CCC(=O)[C@H](C)[C@H]1O[C@]2(O[C@](O)([C@H](C)c3oc(CC)c(C)c(=O)c3C)[C@@H](C)[C@@H](O)[C@H]2C)[C@@H](C)C(=O)[C@@H]1C. The summed E-state index contributed by atoms with van der Waals surface area (Å²) in [5.41, 5.74) is 0.710. The fourth-order valence-corrected chi connectivity index (χ4v) is 6.41. The zero-order chi connectivity index (χ0) is 28.2. The Labute approximate surface area is 219 Å². The Morgan fingerprint density at radius 2 is 1.62 bits per heavy atom. The number of aryl methyl sites for hydroxylation is 1. The Morgan fingerprint density at radius 3 is 2.16 bits per heavy atom. The highest BCUT2D eigenvalue weighted by Crippen LogP contribution is 2.54. The van der Waals surface area contributed by atoms with Gasteiger partial charge < -0.3 is 24.1 Å². The van der Waals surface area contributed by atoms with Gasteiger partial charge in [0.1, 0.15) is 23.1 Å². The molecule has 1 spiro atoms. The van der Waals surface area contributed by atoms with Gasteiger partial charge in [0.05, 0.1) is 24.0 Å². The van der Waals surface area contributed by atoms with Crippen LogP contribution in [0.25, 0.3) is 0 Å². The minimum atomic E-state index is -2.04. The molecule has 2 aliphatic heterocycles. The molecule has 1 aromatic heterocycles. The third-order valence-corrected chi connectivity index (χ3v) is 9.31. The molecule has 37 heavy (non-hydrogen) atoms. The summed E-state index contributed by atoms with van der Waals surface area (Å²) in [4.78, 5) is 39.1. The van der Waals surface area contributed by atoms with Gasteiger partial charge in [-0.25, -0.2) is 0 Å². The summed E-state index contributed by atoms with van der Waals surface area (Å²) < 4.78 is 19.2. The Morgan fingerprint density at radius 1 is 1.03 bits per heavy atom. The maximum Gasteiger partial charge on any atom is 0.191 e. The van der Waals surface area contributed by atoms with E-state index >= 15 is 0 Å². The second-order valence-electron chi connectivity index (χ2n) is 11.3. The zero-order valence-corrected chi connectivity index (χ0v) is 23.9. The molecule has 0 radical (unpaired) electrons. The summed E-state index contributed by atoms with van der Waals surface area (Å²) in [6, 6.07) is 0. The van der Waals surface area contributed by atoms with E-state index in [1.54, 1.807) is 62.3 Å². The molecule has 3 rings (SSSR count). The van der Waals surface area contributed by atoms with E-state index in [2.05, 4.69) is 0 Å². The van der Waals surface area contributed by atoms with Crippen LogP contribution in [0.2, 0.25) is 0 Å². The van der Waals surface area contributed by atoms with E-state index in [1.807, 2.05) is 6.92 Å². The summed E-state index contributed by atoms with van der Waals surface area (Å²) in [5.74, 6) is -7.45. The minimum absolute atomic E-state index is 0.0421. The number of carbonyl (C=O) groups is 2. The van der Waals surface area contributed by atoms with E-state index in [0.717, 1.165) is 0 Å². The third kappa shape index (κ3) is 4.44. The number of rotatable bonds is 6. The van der Waals surface area contributed by atoms with Crippen molar-refractivity contribution in [3.8, 4) is 0 Å². The molecular weight excluding hydrogens is 476 g/mol. The van der Waals surface area contributed by atoms with Crippen molar-refractivity contribution in [1.82, 2.24) is 0 Å². The fourth-order valence-electron chi connectivity index (χ4n) is 6.41. The Hall–Kier alpha value is -1.87. The van der Waals surface area contributed by atoms with Crippen molar-refractivity contribution >= 4 is 11.6 Å². The van der Waals surface area contributed by atoms with Crippen LogP contribution in [0.1, 0.15) is 90.4 Å². The van der Waals surface area contributed by atoms with Crippen LogP contribution in [0.15, 0.2) is 9.21 Å². The maximum atomic E-state index is 13.5. The molecule has 8 heteroatoms. The first-order valence-corrected chi connectivity index (χ1v) is 13.6. The first-order chi connectivity index (χ1) is 17.1. The van der Waals surface area contributed by atoms with Gasteiger partial charge in [0, 0.05) is 47.6 Å². The third-order valence-electron chi connectivity index (χ3n) is 9.31. The van der Waals surface area contributed by atoms with E-state index in [1.165, 1.54) is 0 Å². The molecular formula is C29H44O8. The molecule has 10 atom stereocenters. The number of Topliss-reactive ketones (excluding diaryl/α,β-unsaturated/α-hetero) is 2. The lowest BCUT2D eigenvalue weighted by Crippen LogP contribution is -2.72. The van der Waals surface area contributed by atoms with Gasteiger partial charge >= 0.3 is 0 Å². The predicted molar refractivity (Wildman–Crippen MR) is 138 cm³/mol. The van der Waals surface area contributed by atoms with Crippen molar-refractivity contribution in [2.24, 2.45) is 29.6 Å². The van der Waals surface area contributed by atoms with Gasteiger partial charge in [-0.1, -0.05) is 55.4 Å².